The maximum absolute atomic E-state index is 4.88. The first-order valence-corrected chi connectivity index (χ1v) is 7.79. The lowest BCUT2D eigenvalue weighted by Gasteiger charge is -2.18. The predicted molar refractivity (Wildman–Crippen MR) is 94.3 cm³/mol. The number of nitrogens with one attached hydrogen (secondary N) is 1. The number of hydrogen-bond donors (Lipinski definition) is 1. The van der Waals surface area contributed by atoms with Crippen LogP contribution in [-0.4, -0.2) is 10.7 Å². The summed E-state index contributed by atoms with van der Waals surface area (Å²) in [6, 6.07) is 24.9. The summed E-state index contributed by atoms with van der Waals surface area (Å²) < 4.78 is 0. The van der Waals surface area contributed by atoms with Gasteiger partial charge in [-0.25, -0.2) is 9.98 Å². The average molecular weight is 299 g/mol. The number of fused-ring (bicyclic) bond motifs is 1. The van der Waals surface area contributed by atoms with E-state index in [0.717, 1.165) is 29.2 Å². The Kier molecular flexibility index (Phi) is 3.60. The topological polar surface area (TPSA) is 37.3 Å². The zero-order valence-corrected chi connectivity index (χ0v) is 12.7. The van der Waals surface area contributed by atoms with Crippen molar-refractivity contribution in [1.82, 2.24) is 4.98 Å². The van der Waals surface area contributed by atoms with Gasteiger partial charge in [-0.1, -0.05) is 60.7 Å². The zero-order valence-electron chi connectivity index (χ0n) is 12.7. The molecule has 4 rings (SSSR count). The molecule has 0 saturated heterocycles. The molecule has 1 aromatic heterocycles. The highest BCUT2D eigenvalue weighted by molar-refractivity contribution is 6.03. The van der Waals surface area contributed by atoms with Crippen molar-refractivity contribution in [2.45, 2.75) is 12.5 Å². The Morgan fingerprint density at radius 2 is 1.57 bits per heavy atom. The van der Waals surface area contributed by atoms with E-state index in [1.54, 1.807) is 6.20 Å². The Bertz CT molecular complexity index is 826. The molecule has 2 heterocycles. The Labute approximate surface area is 135 Å². The SMILES string of the molecule is c1ccc(C2=Nc3cccnc3NC(c3ccccc3)C2)cc1. The van der Waals surface area contributed by atoms with Crippen molar-refractivity contribution in [3.8, 4) is 0 Å². The molecule has 1 N–H and O–H groups in total. The van der Waals surface area contributed by atoms with Gasteiger partial charge in [0.1, 0.15) is 5.69 Å². The van der Waals surface area contributed by atoms with Crippen LogP contribution in [-0.2, 0) is 0 Å². The van der Waals surface area contributed by atoms with Crippen LogP contribution in [0.3, 0.4) is 0 Å². The van der Waals surface area contributed by atoms with E-state index in [1.165, 1.54) is 5.56 Å². The predicted octanol–water partition coefficient (Wildman–Crippen LogP) is 4.76. The lowest BCUT2D eigenvalue weighted by molar-refractivity contribution is 0.822. The third-order valence-corrected chi connectivity index (χ3v) is 4.06. The smallest absolute Gasteiger partial charge is 0.152 e. The number of nitrogens with zero attached hydrogens (tertiary/aromatic N) is 2. The Hall–Kier alpha value is -2.94. The van der Waals surface area contributed by atoms with Crippen LogP contribution in [0.25, 0.3) is 0 Å². The van der Waals surface area contributed by atoms with Crippen molar-refractivity contribution in [3.63, 3.8) is 0 Å². The molecule has 0 saturated carbocycles. The number of hydrogen-bond acceptors (Lipinski definition) is 3. The molecule has 1 unspecified atom stereocenters. The van der Waals surface area contributed by atoms with Crippen molar-refractivity contribution in [2.75, 3.05) is 5.32 Å². The quantitative estimate of drug-likeness (QED) is 0.740. The third-order valence-electron chi connectivity index (χ3n) is 4.06. The highest BCUT2D eigenvalue weighted by Gasteiger charge is 2.21. The van der Waals surface area contributed by atoms with Crippen LogP contribution in [0.2, 0.25) is 0 Å². The molecule has 1 aliphatic rings. The van der Waals surface area contributed by atoms with E-state index in [-0.39, 0.29) is 6.04 Å². The highest BCUT2D eigenvalue weighted by atomic mass is 15.1. The number of pyridine rings is 1. The summed E-state index contributed by atoms with van der Waals surface area (Å²) in [6.45, 7) is 0. The van der Waals surface area contributed by atoms with Gasteiger partial charge in [0.05, 0.1) is 11.8 Å². The first-order valence-electron chi connectivity index (χ1n) is 7.79. The summed E-state index contributed by atoms with van der Waals surface area (Å²) in [5.41, 5.74) is 4.38. The first-order chi connectivity index (χ1) is 11.4. The standard InChI is InChI=1S/C20H17N3/c1-3-8-15(9-4-1)18-14-19(16-10-5-2-6-11-16)23-20-17(22-18)12-7-13-21-20/h1-13,19H,14H2,(H,21,23). The van der Waals surface area contributed by atoms with Crippen LogP contribution < -0.4 is 5.32 Å². The van der Waals surface area contributed by atoms with E-state index in [2.05, 4.69) is 58.8 Å². The van der Waals surface area contributed by atoms with E-state index >= 15 is 0 Å². The molecule has 2 aromatic carbocycles. The summed E-state index contributed by atoms with van der Waals surface area (Å²) in [5.74, 6) is 0.840. The first kappa shape index (κ1) is 13.7. The van der Waals surface area contributed by atoms with E-state index in [9.17, 15) is 0 Å². The number of anilines is 1. The summed E-state index contributed by atoms with van der Waals surface area (Å²) in [5, 5.41) is 3.55. The molecule has 3 nitrogen and oxygen atoms in total. The van der Waals surface area contributed by atoms with Gasteiger partial charge in [0.25, 0.3) is 0 Å². The molecule has 0 fully saturated rings. The van der Waals surface area contributed by atoms with Crippen molar-refractivity contribution < 1.29 is 0 Å². The maximum atomic E-state index is 4.88. The molecular weight excluding hydrogens is 282 g/mol. The fraction of sp³-hybridized carbons (Fsp3) is 0.100. The normalized spacial score (nSPS) is 16.7. The van der Waals surface area contributed by atoms with Crippen LogP contribution in [0.5, 0.6) is 0 Å². The molecule has 0 amide bonds. The molecule has 0 aliphatic carbocycles. The number of benzene rings is 2. The second-order valence-electron chi connectivity index (χ2n) is 5.61. The van der Waals surface area contributed by atoms with Gasteiger partial charge >= 0.3 is 0 Å². The van der Waals surface area contributed by atoms with Gasteiger partial charge in [-0.15, -0.1) is 0 Å². The van der Waals surface area contributed by atoms with E-state index in [4.69, 9.17) is 4.99 Å². The molecular formula is C20H17N3. The number of aromatic nitrogens is 1. The fourth-order valence-corrected chi connectivity index (χ4v) is 2.90. The van der Waals surface area contributed by atoms with E-state index < -0.39 is 0 Å². The van der Waals surface area contributed by atoms with Crippen LogP contribution >= 0.6 is 0 Å². The lowest BCUT2D eigenvalue weighted by Crippen LogP contribution is -2.14. The molecule has 3 heteroatoms. The van der Waals surface area contributed by atoms with Gasteiger partial charge in [-0.3, -0.25) is 0 Å². The molecule has 1 atom stereocenters. The van der Waals surface area contributed by atoms with Gasteiger partial charge < -0.3 is 5.32 Å². The van der Waals surface area contributed by atoms with Crippen LogP contribution in [0.4, 0.5) is 11.5 Å². The minimum atomic E-state index is 0.159. The van der Waals surface area contributed by atoms with Crippen molar-refractivity contribution >= 4 is 17.2 Å². The third kappa shape index (κ3) is 2.86. The molecule has 1 aliphatic heterocycles. The van der Waals surface area contributed by atoms with Gasteiger partial charge in [0.15, 0.2) is 5.82 Å². The van der Waals surface area contributed by atoms with Crippen molar-refractivity contribution in [3.05, 3.63) is 90.1 Å². The van der Waals surface area contributed by atoms with Gasteiger partial charge in [-0.05, 0) is 23.3 Å². The van der Waals surface area contributed by atoms with Gasteiger partial charge in [-0.2, -0.15) is 0 Å². The molecule has 0 spiro atoms. The second kappa shape index (κ2) is 6.05. The summed E-state index contributed by atoms with van der Waals surface area (Å²) in [4.78, 5) is 9.34. The average Bonchev–Trinajstić information content (AvgIpc) is 2.83. The number of rotatable bonds is 2. The lowest BCUT2D eigenvalue weighted by atomic mass is 9.97. The van der Waals surface area contributed by atoms with Gasteiger partial charge in [0, 0.05) is 12.6 Å². The molecule has 0 radical (unpaired) electrons. The molecule has 112 valence electrons. The largest absolute Gasteiger partial charge is 0.361 e. The fourth-order valence-electron chi connectivity index (χ4n) is 2.90. The minimum absolute atomic E-state index is 0.159. The Morgan fingerprint density at radius 3 is 2.35 bits per heavy atom. The Balaban J connectivity index is 1.81. The highest BCUT2D eigenvalue weighted by Crippen LogP contribution is 2.33. The minimum Gasteiger partial charge on any atom is -0.361 e. The van der Waals surface area contributed by atoms with Crippen LogP contribution in [0.1, 0.15) is 23.6 Å². The van der Waals surface area contributed by atoms with Crippen LogP contribution in [0.15, 0.2) is 84.0 Å². The second-order valence-corrected chi connectivity index (χ2v) is 5.61. The maximum Gasteiger partial charge on any atom is 0.152 e. The Morgan fingerprint density at radius 1 is 0.826 bits per heavy atom. The monoisotopic (exact) mass is 299 g/mol. The van der Waals surface area contributed by atoms with Crippen molar-refractivity contribution in [1.29, 1.82) is 0 Å². The zero-order chi connectivity index (χ0) is 15.5. The summed E-state index contributed by atoms with van der Waals surface area (Å²) in [6.07, 6.45) is 2.63. The van der Waals surface area contributed by atoms with Crippen LogP contribution in [0, 0.1) is 0 Å². The molecule has 23 heavy (non-hydrogen) atoms. The summed E-state index contributed by atoms with van der Waals surface area (Å²) in [7, 11) is 0. The van der Waals surface area contributed by atoms with Crippen molar-refractivity contribution in [2.24, 2.45) is 4.99 Å². The molecule has 3 aromatic rings. The van der Waals surface area contributed by atoms with E-state index in [1.807, 2.05) is 24.3 Å². The van der Waals surface area contributed by atoms with E-state index in [0.29, 0.717) is 0 Å². The summed E-state index contributed by atoms with van der Waals surface area (Å²) >= 11 is 0. The molecule has 0 bridgehead atoms. The van der Waals surface area contributed by atoms with Gasteiger partial charge in [0.2, 0.25) is 0 Å². The number of aliphatic imine (C=N–C) groups is 1.